The van der Waals surface area contributed by atoms with Gasteiger partial charge in [-0.3, -0.25) is 14.9 Å². The zero-order valence-corrected chi connectivity index (χ0v) is 16.3. The first-order valence-electron chi connectivity index (χ1n) is 10.1. The number of fused-ring (bicyclic) bond motifs is 1. The number of carbonyl (C=O) groups is 2. The minimum atomic E-state index is -0.910. The zero-order valence-electron chi connectivity index (χ0n) is 16.3. The van der Waals surface area contributed by atoms with Crippen LogP contribution in [0.3, 0.4) is 0 Å². The van der Waals surface area contributed by atoms with Crippen molar-refractivity contribution in [2.24, 2.45) is 0 Å². The Morgan fingerprint density at radius 2 is 2.07 bits per heavy atom. The molecule has 1 atom stereocenters. The van der Waals surface area contributed by atoms with Gasteiger partial charge in [0.1, 0.15) is 6.17 Å². The lowest BCUT2D eigenvalue weighted by Gasteiger charge is -2.24. The van der Waals surface area contributed by atoms with E-state index >= 15 is 0 Å². The van der Waals surface area contributed by atoms with Gasteiger partial charge in [-0.25, -0.2) is 4.39 Å². The molecule has 5 rings (SSSR count). The summed E-state index contributed by atoms with van der Waals surface area (Å²) in [7, 11) is 0. The molecule has 30 heavy (non-hydrogen) atoms. The van der Waals surface area contributed by atoms with Gasteiger partial charge in [-0.1, -0.05) is 0 Å². The largest absolute Gasteiger partial charge is 0.381 e. The third-order valence-corrected chi connectivity index (χ3v) is 5.57. The second kappa shape index (κ2) is 7.63. The van der Waals surface area contributed by atoms with Gasteiger partial charge in [0.25, 0.3) is 5.91 Å². The lowest BCUT2D eigenvalue weighted by Crippen LogP contribution is -2.30. The first-order chi connectivity index (χ1) is 14.6. The third-order valence-electron chi connectivity index (χ3n) is 5.57. The Morgan fingerprint density at radius 3 is 2.77 bits per heavy atom. The van der Waals surface area contributed by atoms with E-state index in [-0.39, 0.29) is 24.9 Å². The smallest absolute Gasteiger partial charge is 0.254 e. The van der Waals surface area contributed by atoms with Gasteiger partial charge in [0.15, 0.2) is 5.65 Å². The van der Waals surface area contributed by atoms with Gasteiger partial charge < -0.3 is 15.0 Å². The van der Waals surface area contributed by atoms with Crippen LogP contribution in [0.1, 0.15) is 31.2 Å². The molecule has 158 valence electrons. The van der Waals surface area contributed by atoms with Crippen molar-refractivity contribution in [1.29, 1.82) is 0 Å². The molecule has 0 unspecified atom stereocenters. The number of anilines is 2. The molecule has 2 aromatic heterocycles. The summed E-state index contributed by atoms with van der Waals surface area (Å²) in [5.41, 5.74) is 1.46. The van der Waals surface area contributed by atoms with Crippen molar-refractivity contribution in [3.63, 3.8) is 0 Å². The maximum Gasteiger partial charge on any atom is 0.254 e. The molecule has 10 nitrogen and oxygen atoms in total. The number of rotatable bonds is 4. The SMILES string of the molecule is O=C1C/C(=C\c2cnn3c(N4CC[C@@H](F)C4)nc(NC4CCOCC4)nc23)C(=O)N1. The molecule has 2 amide bonds. The number of amides is 2. The molecule has 0 aromatic carbocycles. The van der Waals surface area contributed by atoms with Crippen LogP contribution < -0.4 is 15.5 Å². The fourth-order valence-electron chi connectivity index (χ4n) is 3.98. The van der Waals surface area contributed by atoms with E-state index in [9.17, 15) is 14.0 Å². The van der Waals surface area contributed by atoms with E-state index in [2.05, 4.69) is 25.7 Å². The van der Waals surface area contributed by atoms with E-state index in [4.69, 9.17) is 4.74 Å². The minimum Gasteiger partial charge on any atom is -0.381 e. The highest BCUT2D eigenvalue weighted by atomic mass is 19.1. The summed E-state index contributed by atoms with van der Waals surface area (Å²) in [6.45, 7) is 2.14. The van der Waals surface area contributed by atoms with Crippen molar-refractivity contribution in [3.05, 3.63) is 17.3 Å². The van der Waals surface area contributed by atoms with Crippen LogP contribution in [-0.2, 0) is 14.3 Å². The Labute approximate surface area is 171 Å². The predicted octanol–water partition coefficient (Wildman–Crippen LogP) is 0.693. The molecular formula is C19H22FN7O3. The molecule has 5 heterocycles. The lowest BCUT2D eigenvalue weighted by atomic mass is 10.1. The zero-order chi connectivity index (χ0) is 20.7. The molecule has 0 saturated carbocycles. The topological polar surface area (TPSA) is 114 Å². The van der Waals surface area contributed by atoms with E-state index in [1.807, 2.05) is 4.90 Å². The van der Waals surface area contributed by atoms with E-state index in [1.54, 1.807) is 16.8 Å². The predicted molar refractivity (Wildman–Crippen MR) is 106 cm³/mol. The number of hydrogen-bond donors (Lipinski definition) is 2. The number of halogens is 1. The fourth-order valence-corrected chi connectivity index (χ4v) is 3.98. The number of aromatic nitrogens is 4. The molecule has 11 heteroatoms. The van der Waals surface area contributed by atoms with Gasteiger partial charge in [-0.2, -0.15) is 19.6 Å². The summed E-state index contributed by atoms with van der Waals surface area (Å²) in [5, 5.41) is 10.0. The van der Waals surface area contributed by atoms with Crippen LogP contribution >= 0.6 is 0 Å². The summed E-state index contributed by atoms with van der Waals surface area (Å²) < 4.78 is 20.8. The Hall–Kier alpha value is -3.08. The van der Waals surface area contributed by atoms with Crippen LogP contribution in [0.15, 0.2) is 11.8 Å². The third kappa shape index (κ3) is 3.60. The van der Waals surface area contributed by atoms with Crippen LogP contribution in [0.2, 0.25) is 0 Å². The average molecular weight is 415 g/mol. The summed E-state index contributed by atoms with van der Waals surface area (Å²) in [5.74, 6) is 0.199. The second-order valence-electron chi connectivity index (χ2n) is 7.77. The summed E-state index contributed by atoms with van der Waals surface area (Å²) in [4.78, 5) is 34.6. The second-order valence-corrected chi connectivity index (χ2v) is 7.77. The number of alkyl halides is 1. The van der Waals surface area contributed by atoms with Gasteiger partial charge >= 0.3 is 0 Å². The highest BCUT2D eigenvalue weighted by Crippen LogP contribution is 2.26. The molecule has 0 bridgehead atoms. The standard InChI is InChI=1S/C19H22FN7O3/c20-13-1-4-26(10-13)19-25-18(22-14-2-5-30-6-3-14)24-16-12(9-21-27(16)19)7-11-8-15(28)23-17(11)29/h7,9,13-14H,1-6,8,10H2,(H,22,24)(H,23,28,29)/b11-7+/t13-/m1/s1. The van der Waals surface area contributed by atoms with Gasteiger partial charge in [-0.05, 0) is 25.3 Å². The van der Waals surface area contributed by atoms with Crippen molar-refractivity contribution in [2.45, 2.75) is 37.9 Å². The van der Waals surface area contributed by atoms with Gasteiger partial charge in [0, 0.05) is 36.9 Å². The molecule has 3 aliphatic rings. The first-order valence-corrected chi connectivity index (χ1v) is 10.1. The highest BCUT2D eigenvalue weighted by Gasteiger charge is 2.28. The van der Waals surface area contributed by atoms with Crippen molar-refractivity contribution in [1.82, 2.24) is 24.9 Å². The first kappa shape index (κ1) is 18.9. The number of carbonyl (C=O) groups excluding carboxylic acids is 2. The average Bonchev–Trinajstić information content (AvgIpc) is 3.42. The lowest BCUT2D eigenvalue weighted by molar-refractivity contribution is -0.124. The van der Waals surface area contributed by atoms with E-state index < -0.39 is 12.1 Å². The number of imide groups is 1. The minimum absolute atomic E-state index is 0.0248. The normalized spacial score (nSPS) is 24.2. The van der Waals surface area contributed by atoms with E-state index in [0.717, 1.165) is 12.8 Å². The Bertz CT molecular complexity index is 1030. The fraction of sp³-hybridized carbons (Fsp3) is 0.526. The van der Waals surface area contributed by atoms with Crippen molar-refractivity contribution < 1.29 is 18.7 Å². The van der Waals surface area contributed by atoms with Crippen molar-refractivity contribution in [2.75, 3.05) is 36.5 Å². The number of nitrogens with zero attached hydrogens (tertiary/aromatic N) is 5. The van der Waals surface area contributed by atoms with Gasteiger partial charge in [0.05, 0.1) is 19.2 Å². The van der Waals surface area contributed by atoms with Crippen LogP contribution in [0.4, 0.5) is 16.3 Å². The number of hydrogen-bond acceptors (Lipinski definition) is 8. The van der Waals surface area contributed by atoms with Gasteiger partial charge in [-0.15, -0.1) is 0 Å². The molecule has 0 aliphatic carbocycles. The summed E-state index contributed by atoms with van der Waals surface area (Å²) >= 11 is 0. The van der Waals surface area contributed by atoms with Gasteiger partial charge in [0.2, 0.25) is 17.8 Å². The highest BCUT2D eigenvalue weighted by molar-refractivity contribution is 6.15. The molecule has 3 fully saturated rings. The number of ether oxygens (including phenoxy) is 1. The summed E-state index contributed by atoms with van der Waals surface area (Å²) in [6, 6.07) is 0.185. The Balaban J connectivity index is 1.55. The van der Waals surface area contributed by atoms with Crippen LogP contribution in [-0.4, -0.2) is 69.9 Å². The quantitative estimate of drug-likeness (QED) is 0.554. The van der Waals surface area contributed by atoms with Crippen LogP contribution in [0, 0.1) is 0 Å². The van der Waals surface area contributed by atoms with E-state index in [0.29, 0.717) is 54.9 Å². The monoisotopic (exact) mass is 415 g/mol. The summed E-state index contributed by atoms with van der Waals surface area (Å²) in [6.07, 6.45) is 4.45. The molecule has 3 saturated heterocycles. The number of nitrogens with one attached hydrogen (secondary N) is 2. The molecule has 2 aromatic rings. The van der Waals surface area contributed by atoms with Crippen molar-refractivity contribution in [3.8, 4) is 0 Å². The van der Waals surface area contributed by atoms with Crippen LogP contribution in [0.25, 0.3) is 11.7 Å². The Kier molecular flexibility index (Phi) is 4.81. The van der Waals surface area contributed by atoms with Crippen LogP contribution in [0.5, 0.6) is 0 Å². The maximum absolute atomic E-state index is 13.9. The molecule has 2 N–H and O–H groups in total. The molecular weight excluding hydrogens is 393 g/mol. The van der Waals surface area contributed by atoms with E-state index in [1.165, 1.54) is 0 Å². The maximum atomic E-state index is 13.9. The molecule has 0 radical (unpaired) electrons. The van der Waals surface area contributed by atoms with Crippen molar-refractivity contribution >= 4 is 35.4 Å². The molecule has 0 spiro atoms. The molecule has 3 aliphatic heterocycles. The Morgan fingerprint density at radius 1 is 1.23 bits per heavy atom.